The second-order valence-electron chi connectivity index (χ2n) is 8.26. The monoisotopic (exact) mass is 445 g/mol. The van der Waals surface area contributed by atoms with Crippen molar-refractivity contribution in [2.45, 2.75) is 77.7 Å². The zero-order valence-electron chi connectivity index (χ0n) is 18.5. The molecule has 0 aliphatic heterocycles. The highest BCUT2D eigenvalue weighted by molar-refractivity contribution is 5.96. The van der Waals surface area contributed by atoms with E-state index in [2.05, 4.69) is 16.0 Å². The Balaban J connectivity index is 5.54. The molecule has 0 radical (unpaired) electrons. The van der Waals surface area contributed by atoms with Crippen LogP contribution in [0.4, 0.5) is 0 Å². The van der Waals surface area contributed by atoms with Gasteiger partial charge in [-0.05, 0) is 25.2 Å². The number of hydrogen-bond acceptors (Lipinski definition) is 7. The first-order valence-corrected chi connectivity index (χ1v) is 10.0. The van der Waals surface area contributed by atoms with E-state index in [1.807, 2.05) is 0 Å². The first-order chi connectivity index (χ1) is 14.2. The Labute approximate surface area is 181 Å². The Bertz CT molecular complexity index is 666. The lowest BCUT2D eigenvalue weighted by Gasteiger charge is -2.26. The molecule has 0 saturated carbocycles. The SMILES string of the molecule is CC(C)CC(NC(=O)C(CC(N)=O)NC(=O)C(N)C(C)C)C(=O)NC(C(=O)O)C(C)O. The minimum atomic E-state index is -1.58. The molecule has 0 spiro atoms. The number of carbonyl (C=O) groups excluding carboxylic acids is 4. The average Bonchev–Trinajstić information content (AvgIpc) is 2.62. The van der Waals surface area contributed by atoms with Crippen LogP contribution < -0.4 is 27.4 Å². The van der Waals surface area contributed by atoms with Crippen LogP contribution in [0.5, 0.6) is 0 Å². The van der Waals surface area contributed by atoms with Gasteiger partial charge < -0.3 is 37.6 Å². The van der Waals surface area contributed by atoms with Gasteiger partial charge >= 0.3 is 5.97 Å². The van der Waals surface area contributed by atoms with Crippen LogP contribution in [-0.4, -0.2) is 70.1 Å². The van der Waals surface area contributed by atoms with E-state index in [0.29, 0.717) is 0 Å². The summed E-state index contributed by atoms with van der Waals surface area (Å²) in [6.07, 6.45) is -1.77. The molecule has 5 atom stereocenters. The van der Waals surface area contributed by atoms with Crippen LogP contribution in [0.1, 0.15) is 47.5 Å². The molecule has 0 saturated heterocycles. The largest absolute Gasteiger partial charge is 0.480 e. The van der Waals surface area contributed by atoms with E-state index in [0.717, 1.165) is 0 Å². The standard InChI is InChI=1S/C19H35N5O7/c1-8(2)6-11(17(28)24-15(10(5)25)19(30)31)22-16(27)12(7-13(20)26)23-18(29)14(21)9(3)4/h8-12,14-15,25H,6-7,21H2,1-5H3,(H2,20,26)(H,22,27)(H,23,29)(H,24,28)(H,30,31). The second kappa shape index (κ2) is 12.8. The molecule has 0 aliphatic rings. The lowest BCUT2D eigenvalue weighted by Crippen LogP contribution is -2.59. The summed E-state index contributed by atoms with van der Waals surface area (Å²) < 4.78 is 0. The van der Waals surface area contributed by atoms with Gasteiger partial charge in [-0.15, -0.1) is 0 Å². The van der Waals surface area contributed by atoms with Crippen LogP contribution in [0.15, 0.2) is 0 Å². The Kier molecular flexibility index (Phi) is 11.7. The van der Waals surface area contributed by atoms with E-state index in [-0.39, 0.29) is 18.3 Å². The second-order valence-corrected chi connectivity index (χ2v) is 8.26. The lowest BCUT2D eigenvalue weighted by molar-refractivity contribution is -0.145. The summed E-state index contributed by atoms with van der Waals surface area (Å²) in [5, 5.41) is 25.7. The Hall–Kier alpha value is -2.73. The van der Waals surface area contributed by atoms with Gasteiger partial charge in [0.25, 0.3) is 0 Å². The van der Waals surface area contributed by atoms with E-state index < -0.39 is 66.3 Å². The number of nitrogens with two attached hydrogens (primary N) is 2. The first kappa shape index (κ1) is 28.3. The van der Waals surface area contributed by atoms with Crippen LogP contribution in [0, 0.1) is 11.8 Å². The summed E-state index contributed by atoms with van der Waals surface area (Å²) in [5.74, 6) is -4.97. The van der Waals surface area contributed by atoms with Crippen molar-refractivity contribution in [2.75, 3.05) is 0 Å². The molecule has 31 heavy (non-hydrogen) atoms. The number of primary amides is 1. The number of rotatable bonds is 13. The predicted molar refractivity (Wildman–Crippen MR) is 111 cm³/mol. The van der Waals surface area contributed by atoms with Gasteiger partial charge in [0.15, 0.2) is 6.04 Å². The highest BCUT2D eigenvalue weighted by Gasteiger charge is 2.33. The molecular formula is C19H35N5O7. The lowest BCUT2D eigenvalue weighted by atomic mass is 10.0. The molecule has 0 bridgehead atoms. The summed E-state index contributed by atoms with van der Waals surface area (Å²) in [4.78, 5) is 60.2. The smallest absolute Gasteiger partial charge is 0.328 e. The van der Waals surface area contributed by atoms with Crippen molar-refractivity contribution in [1.29, 1.82) is 0 Å². The summed E-state index contributed by atoms with van der Waals surface area (Å²) in [6, 6.07) is -5.06. The maximum absolute atomic E-state index is 12.7. The molecule has 0 aliphatic carbocycles. The Morgan fingerprint density at radius 2 is 1.32 bits per heavy atom. The van der Waals surface area contributed by atoms with Gasteiger partial charge in [-0.2, -0.15) is 0 Å². The van der Waals surface area contributed by atoms with Crippen molar-refractivity contribution in [3.05, 3.63) is 0 Å². The molecule has 0 aromatic heterocycles. The van der Waals surface area contributed by atoms with Crippen LogP contribution in [0.2, 0.25) is 0 Å². The van der Waals surface area contributed by atoms with Gasteiger partial charge in [-0.25, -0.2) is 4.79 Å². The molecule has 4 amide bonds. The van der Waals surface area contributed by atoms with Crippen LogP contribution in [0.3, 0.4) is 0 Å². The molecule has 12 heteroatoms. The van der Waals surface area contributed by atoms with Gasteiger partial charge in [0.2, 0.25) is 23.6 Å². The molecule has 178 valence electrons. The number of carbonyl (C=O) groups is 5. The fraction of sp³-hybridized carbons (Fsp3) is 0.737. The van der Waals surface area contributed by atoms with Crippen molar-refractivity contribution >= 4 is 29.6 Å². The van der Waals surface area contributed by atoms with Gasteiger partial charge in [0.05, 0.1) is 18.6 Å². The van der Waals surface area contributed by atoms with E-state index in [1.54, 1.807) is 27.7 Å². The van der Waals surface area contributed by atoms with Gasteiger partial charge in [0.1, 0.15) is 12.1 Å². The highest BCUT2D eigenvalue weighted by Crippen LogP contribution is 2.08. The number of carboxylic acids is 1. The number of aliphatic carboxylic acids is 1. The topological polar surface area (TPSA) is 214 Å². The van der Waals surface area contributed by atoms with E-state index in [9.17, 15) is 29.1 Å². The quantitative estimate of drug-likeness (QED) is 0.165. The molecule has 0 fully saturated rings. The average molecular weight is 446 g/mol. The summed E-state index contributed by atoms with van der Waals surface area (Å²) in [5.41, 5.74) is 10.9. The number of carboxylic acid groups (broad SMARTS) is 1. The van der Waals surface area contributed by atoms with E-state index >= 15 is 0 Å². The van der Waals surface area contributed by atoms with Crippen LogP contribution >= 0.6 is 0 Å². The number of hydrogen-bond donors (Lipinski definition) is 7. The van der Waals surface area contributed by atoms with Crippen molar-refractivity contribution in [3.8, 4) is 0 Å². The summed E-state index contributed by atoms with van der Waals surface area (Å²) in [7, 11) is 0. The van der Waals surface area contributed by atoms with Crippen molar-refractivity contribution < 1.29 is 34.2 Å². The number of nitrogens with one attached hydrogen (secondary N) is 3. The van der Waals surface area contributed by atoms with Crippen molar-refractivity contribution in [1.82, 2.24) is 16.0 Å². The molecule has 5 unspecified atom stereocenters. The zero-order valence-corrected chi connectivity index (χ0v) is 18.5. The van der Waals surface area contributed by atoms with E-state index in [1.165, 1.54) is 6.92 Å². The minimum Gasteiger partial charge on any atom is -0.480 e. The van der Waals surface area contributed by atoms with Crippen LogP contribution in [0.25, 0.3) is 0 Å². The highest BCUT2D eigenvalue weighted by atomic mass is 16.4. The molecule has 12 nitrogen and oxygen atoms in total. The van der Waals surface area contributed by atoms with Gasteiger partial charge in [0, 0.05) is 0 Å². The Morgan fingerprint density at radius 3 is 1.71 bits per heavy atom. The fourth-order valence-electron chi connectivity index (χ4n) is 2.60. The maximum Gasteiger partial charge on any atom is 0.328 e. The molecule has 0 aromatic rings. The third-order valence-electron chi connectivity index (χ3n) is 4.45. The predicted octanol–water partition coefficient (Wildman–Crippen LogP) is -2.19. The maximum atomic E-state index is 12.7. The first-order valence-electron chi connectivity index (χ1n) is 10.0. The molecule has 9 N–H and O–H groups in total. The number of aliphatic hydroxyl groups is 1. The molecular weight excluding hydrogens is 410 g/mol. The molecule has 0 heterocycles. The number of aliphatic hydroxyl groups excluding tert-OH is 1. The molecule has 0 aromatic carbocycles. The zero-order chi connectivity index (χ0) is 24.5. The third kappa shape index (κ3) is 10.2. The van der Waals surface area contributed by atoms with Crippen molar-refractivity contribution in [2.24, 2.45) is 23.3 Å². The van der Waals surface area contributed by atoms with Gasteiger partial charge in [-0.1, -0.05) is 27.7 Å². The molecule has 0 rings (SSSR count). The summed E-state index contributed by atoms with van der Waals surface area (Å²) in [6.45, 7) is 8.17. The normalized spacial score (nSPS) is 16.0. The summed E-state index contributed by atoms with van der Waals surface area (Å²) >= 11 is 0. The number of amides is 4. The Morgan fingerprint density at radius 1 is 0.839 bits per heavy atom. The van der Waals surface area contributed by atoms with Crippen LogP contribution in [-0.2, 0) is 24.0 Å². The van der Waals surface area contributed by atoms with Crippen molar-refractivity contribution in [3.63, 3.8) is 0 Å². The minimum absolute atomic E-state index is 0.0792. The van der Waals surface area contributed by atoms with E-state index in [4.69, 9.17) is 16.6 Å². The van der Waals surface area contributed by atoms with Gasteiger partial charge in [-0.3, -0.25) is 19.2 Å². The third-order valence-corrected chi connectivity index (χ3v) is 4.45. The fourth-order valence-corrected chi connectivity index (χ4v) is 2.60.